The SMILES string of the molecule is NC(=O)[C@H](Cc1cccc(Cl)c1)NC(=O)[C@@H]1CCC(=O)N1. The molecule has 1 aliphatic heterocycles. The first-order chi connectivity index (χ1) is 9.95. The molecule has 6 nitrogen and oxygen atoms in total. The number of hydrogen-bond donors (Lipinski definition) is 3. The van der Waals surface area contributed by atoms with Gasteiger partial charge >= 0.3 is 0 Å². The van der Waals surface area contributed by atoms with Crippen LogP contribution in [0.2, 0.25) is 5.02 Å². The highest BCUT2D eigenvalue weighted by molar-refractivity contribution is 6.30. The summed E-state index contributed by atoms with van der Waals surface area (Å²) in [5.74, 6) is -1.19. The molecule has 0 unspecified atom stereocenters. The summed E-state index contributed by atoms with van der Waals surface area (Å²) in [4.78, 5) is 34.6. The van der Waals surface area contributed by atoms with E-state index in [1.807, 2.05) is 0 Å². The normalized spacial score (nSPS) is 18.9. The number of nitrogens with one attached hydrogen (secondary N) is 2. The molecule has 2 rings (SSSR count). The highest BCUT2D eigenvalue weighted by Crippen LogP contribution is 2.13. The van der Waals surface area contributed by atoms with E-state index in [2.05, 4.69) is 10.6 Å². The van der Waals surface area contributed by atoms with Crippen molar-refractivity contribution in [1.29, 1.82) is 0 Å². The number of nitrogens with two attached hydrogens (primary N) is 1. The maximum atomic E-state index is 12.0. The number of carbonyl (C=O) groups excluding carboxylic acids is 3. The molecule has 112 valence electrons. The molecule has 1 aromatic carbocycles. The van der Waals surface area contributed by atoms with Gasteiger partial charge in [0.15, 0.2) is 0 Å². The molecule has 0 radical (unpaired) electrons. The molecule has 0 spiro atoms. The molecular weight excluding hydrogens is 294 g/mol. The van der Waals surface area contributed by atoms with Gasteiger partial charge in [-0.3, -0.25) is 14.4 Å². The van der Waals surface area contributed by atoms with Crippen molar-refractivity contribution in [2.75, 3.05) is 0 Å². The molecule has 3 amide bonds. The van der Waals surface area contributed by atoms with Crippen LogP contribution in [0.5, 0.6) is 0 Å². The summed E-state index contributed by atoms with van der Waals surface area (Å²) in [5, 5.41) is 5.67. The number of halogens is 1. The van der Waals surface area contributed by atoms with Crippen molar-refractivity contribution in [3.8, 4) is 0 Å². The standard InChI is InChI=1S/C14H16ClN3O3/c15-9-3-1-2-8(6-9)7-11(13(16)20)18-14(21)10-4-5-12(19)17-10/h1-3,6,10-11H,4-5,7H2,(H2,16,20)(H,17,19)(H,18,21)/t10-,11-/m0/s1. The molecule has 0 saturated carbocycles. The largest absolute Gasteiger partial charge is 0.368 e. The number of amides is 3. The van der Waals surface area contributed by atoms with Crippen molar-refractivity contribution in [2.45, 2.75) is 31.3 Å². The fourth-order valence-corrected chi connectivity index (χ4v) is 2.42. The Morgan fingerprint density at radius 2 is 2.24 bits per heavy atom. The first-order valence-electron chi connectivity index (χ1n) is 6.59. The van der Waals surface area contributed by atoms with Crippen LogP contribution in [0.15, 0.2) is 24.3 Å². The predicted octanol–water partition coefficient (Wildman–Crippen LogP) is 0.131. The van der Waals surface area contributed by atoms with E-state index in [-0.39, 0.29) is 12.3 Å². The van der Waals surface area contributed by atoms with Crippen LogP contribution in [-0.2, 0) is 20.8 Å². The average molecular weight is 310 g/mol. The van der Waals surface area contributed by atoms with Crippen molar-refractivity contribution >= 4 is 29.3 Å². The van der Waals surface area contributed by atoms with Crippen LogP contribution < -0.4 is 16.4 Å². The van der Waals surface area contributed by atoms with Crippen molar-refractivity contribution in [1.82, 2.24) is 10.6 Å². The second-order valence-electron chi connectivity index (χ2n) is 4.96. The number of primary amides is 1. The number of benzene rings is 1. The molecule has 0 aliphatic carbocycles. The Hall–Kier alpha value is -2.08. The molecule has 1 aliphatic rings. The van der Waals surface area contributed by atoms with Gasteiger partial charge in [-0.2, -0.15) is 0 Å². The summed E-state index contributed by atoms with van der Waals surface area (Å²) in [6, 6.07) is 5.55. The summed E-state index contributed by atoms with van der Waals surface area (Å²) in [5.41, 5.74) is 6.12. The zero-order valence-corrected chi connectivity index (χ0v) is 12.0. The third-order valence-corrected chi connectivity index (χ3v) is 3.54. The summed E-state index contributed by atoms with van der Waals surface area (Å²) >= 11 is 5.88. The van der Waals surface area contributed by atoms with Crippen LogP contribution in [0.4, 0.5) is 0 Å². The summed E-state index contributed by atoms with van der Waals surface area (Å²) in [6.45, 7) is 0. The van der Waals surface area contributed by atoms with E-state index >= 15 is 0 Å². The Bertz CT molecular complexity index is 576. The third-order valence-electron chi connectivity index (χ3n) is 3.30. The van der Waals surface area contributed by atoms with E-state index in [0.717, 1.165) is 5.56 Å². The van der Waals surface area contributed by atoms with Gasteiger partial charge in [0.05, 0.1) is 0 Å². The van der Waals surface area contributed by atoms with Gasteiger partial charge in [-0.25, -0.2) is 0 Å². The maximum Gasteiger partial charge on any atom is 0.243 e. The van der Waals surface area contributed by atoms with Crippen LogP contribution in [-0.4, -0.2) is 29.8 Å². The number of rotatable bonds is 5. The highest BCUT2D eigenvalue weighted by atomic mass is 35.5. The van der Waals surface area contributed by atoms with Crippen LogP contribution in [0.25, 0.3) is 0 Å². The Balaban J connectivity index is 2.00. The summed E-state index contributed by atoms with van der Waals surface area (Å²) in [6.07, 6.45) is 0.989. The van der Waals surface area contributed by atoms with Gasteiger partial charge in [0.25, 0.3) is 0 Å². The zero-order chi connectivity index (χ0) is 15.4. The average Bonchev–Trinajstić information content (AvgIpc) is 2.84. The molecular formula is C14H16ClN3O3. The minimum Gasteiger partial charge on any atom is -0.368 e. The van der Waals surface area contributed by atoms with E-state index in [1.165, 1.54) is 0 Å². The van der Waals surface area contributed by atoms with Crippen molar-refractivity contribution in [3.63, 3.8) is 0 Å². The first kappa shape index (κ1) is 15.3. The Labute approximate surface area is 127 Å². The topological polar surface area (TPSA) is 101 Å². The summed E-state index contributed by atoms with van der Waals surface area (Å²) in [7, 11) is 0. The minimum absolute atomic E-state index is 0.166. The van der Waals surface area contributed by atoms with E-state index in [1.54, 1.807) is 24.3 Å². The molecule has 7 heteroatoms. The Kier molecular flexibility index (Phi) is 4.80. The van der Waals surface area contributed by atoms with Gasteiger partial charge in [-0.15, -0.1) is 0 Å². The monoisotopic (exact) mass is 309 g/mol. The second-order valence-corrected chi connectivity index (χ2v) is 5.39. The van der Waals surface area contributed by atoms with Gasteiger partial charge in [-0.05, 0) is 24.1 Å². The number of hydrogen-bond acceptors (Lipinski definition) is 3. The lowest BCUT2D eigenvalue weighted by Gasteiger charge is -2.18. The second kappa shape index (κ2) is 6.58. The minimum atomic E-state index is -0.839. The van der Waals surface area contributed by atoms with Crippen molar-refractivity contribution in [3.05, 3.63) is 34.9 Å². The lowest BCUT2D eigenvalue weighted by atomic mass is 10.0. The fourth-order valence-electron chi connectivity index (χ4n) is 2.21. The molecule has 2 atom stereocenters. The smallest absolute Gasteiger partial charge is 0.243 e. The maximum absolute atomic E-state index is 12.0. The lowest BCUT2D eigenvalue weighted by molar-refractivity contribution is -0.129. The highest BCUT2D eigenvalue weighted by Gasteiger charge is 2.29. The van der Waals surface area contributed by atoms with E-state index in [9.17, 15) is 14.4 Å². The first-order valence-corrected chi connectivity index (χ1v) is 6.97. The molecule has 1 heterocycles. The van der Waals surface area contributed by atoms with Gasteiger partial charge in [-0.1, -0.05) is 23.7 Å². The van der Waals surface area contributed by atoms with E-state index in [0.29, 0.717) is 17.9 Å². The lowest BCUT2D eigenvalue weighted by Crippen LogP contribution is -2.51. The quantitative estimate of drug-likeness (QED) is 0.720. The van der Waals surface area contributed by atoms with Crippen LogP contribution in [0.3, 0.4) is 0 Å². The Morgan fingerprint density at radius 1 is 1.48 bits per heavy atom. The molecule has 1 fully saturated rings. The molecule has 0 bridgehead atoms. The van der Waals surface area contributed by atoms with Gasteiger partial charge in [0.2, 0.25) is 17.7 Å². The molecule has 4 N–H and O–H groups in total. The van der Waals surface area contributed by atoms with Crippen LogP contribution in [0, 0.1) is 0 Å². The van der Waals surface area contributed by atoms with Gasteiger partial charge in [0, 0.05) is 17.9 Å². The molecule has 1 aromatic rings. The predicted molar refractivity (Wildman–Crippen MR) is 77.4 cm³/mol. The molecule has 0 aromatic heterocycles. The van der Waals surface area contributed by atoms with Crippen molar-refractivity contribution < 1.29 is 14.4 Å². The molecule has 21 heavy (non-hydrogen) atoms. The fraction of sp³-hybridized carbons (Fsp3) is 0.357. The van der Waals surface area contributed by atoms with Gasteiger partial charge in [0.1, 0.15) is 12.1 Å². The van der Waals surface area contributed by atoms with Crippen LogP contribution in [0.1, 0.15) is 18.4 Å². The molecule has 1 saturated heterocycles. The van der Waals surface area contributed by atoms with Crippen molar-refractivity contribution in [2.24, 2.45) is 5.73 Å². The Morgan fingerprint density at radius 3 is 2.81 bits per heavy atom. The van der Waals surface area contributed by atoms with Gasteiger partial charge < -0.3 is 16.4 Å². The van der Waals surface area contributed by atoms with E-state index < -0.39 is 23.9 Å². The van der Waals surface area contributed by atoms with Crippen LogP contribution >= 0.6 is 11.6 Å². The van der Waals surface area contributed by atoms with E-state index in [4.69, 9.17) is 17.3 Å². The number of carbonyl (C=O) groups is 3. The third kappa shape index (κ3) is 4.19. The summed E-state index contributed by atoms with van der Waals surface area (Å²) < 4.78 is 0. The zero-order valence-electron chi connectivity index (χ0n) is 11.3.